The third-order valence-electron chi connectivity index (χ3n) is 1.65. The third-order valence-corrected chi connectivity index (χ3v) is 2.51. The van der Waals surface area contributed by atoms with E-state index in [-0.39, 0.29) is 5.56 Å². The zero-order valence-corrected chi connectivity index (χ0v) is 8.92. The van der Waals surface area contributed by atoms with Crippen molar-refractivity contribution in [2.45, 2.75) is 6.92 Å². The van der Waals surface area contributed by atoms with Crippen LogP contribution in [0.25, 0.3) is 6.08 Å². The van der Waals surface area contributed by atoms with Crippen LogP contribution in [0.3, 0.4) is 0 Å². The van der Waals surface area contributed by atoms with E-state index in [1.807, 2.05) is 0 Å². The van der Waals surface area contributed by atoms with E-state index in [1.165, 1.54) is 12.1 Å². The van der Waals surface area contributed by atoms with Gasteiger partial charge in [0.15, 0.2) is 0 Å². The lowest BCUT2D eigenvalue weighted by Crippen LogP contribution is -1.88. The summed E-state index contributed by atoms with van der Waals surface area (Å²) in [7, 11) is 0. The summed E-state index contributed by atoms with van der Waals surface area (Å²) in [5, 5.41) is 10.0. The van der Waals surface area contributed by atoms with E-state index in [1.54, 1.807) is 6.92 Å². The molecule has 0 atom stereocenters. The highest BCUT2D eigenvalue weighted by atomic mass is 79.9. The Bertz CT molecular complexity index is 404. The highest BCUT2D eigenvalue weighted by Crippen LogP contribution is 2.21. The van der Waals surface area contributed by atoms with Crippen LogP contribution in [0, 0.1) is 22.9 Å². The van der Waals surface area contributed by atoms with Crippen molar-refractivity contribution in [1.82, 2.24) is 0 Å². The molecule has 0 bridgehead atoms. The van der Waals surface area contributed by atoms with Gasteiger partial charge < -0.3 is 0 Å². The molecule has 0 spiro atoms. The SMILES string of the molecule is Cc1cc(F)c(C=C[N+](=O)[O-])cc1Br. The lowest BCUT2D eigenvalue weighted by Gasteiger charge is -2.00. The van der Waals surface area contributed by atoms with Gasteiger partial charge in [0.05, 0.1) is 4.92 Å². The lowest BCUT2D eigenvalue weighted by molar-refractivity contribution is -0.400. The minimum Gasteiger partial charge on any atom is -0.259 e. The van der Waals surface area contributed by atoms with Crippen LogP contribution >= 0.6 is 15.9 Å². The average Bonchev–Trinajstić information content (AvgIpc) is 2.09. The molecule has 0 aromatic heterocycles. The van der Waals surface area contributed by atoms with Gasteiger partial charge in [-0.1, -0.05) is 15.9 Å². The van der Waals surface area contributed by atoms with Crippen molar-refractivity contribution < 1.29 is 9.31 Å². The van der Waals surface area contributed by atoms with Crippen molar-refractivity contribution in [3.63, 3.8) is 0 Å². The van der Waals surface area contributed by atoms with Crippen LogP contribution in [0.5, 0.6) is 0 Å². The lowest BCUT2D eigenvalue weighted by atomic mass is 10.1. The summed E-state index contributed by atoms with van der Waals surface area (Å²) in [6.45, 7) is 1.74. The Kier molecular flexibility index (Phi) is 3.35. The molecule has 0 aliphatic heterocycles. The second-order valence-corrected chi connectivity index (χ2v) is 3.58. The molecule has 1 rings (SSSR count). The Balaban J connectivity index is 3.10. The van der Waals surface area contributed by atoms with Gasteiger partial charge in [-0.15, -0.1) is 0 Å². The first-order valence-corrected chi connectivity index (χ1v) is 4.57. The van der Waals surface area contributed by atoms with Gasteiger partial charge in [-0.05, 0) is 24.6 Å². The van der Waals surface area contributed by atoms with Crippen molar-refractivity contribution in [3.8, 4) is 0 Å². The summed E-state index contributed by atoms with van der Waals surface area (Å²) in [5.74, 6) is -0.469. The van der Waals surface area contributed by atoms with Crippen LogP contribution in [0.1, 0.15) is 11.1 Å². The van der Waals surface area contributed by atoms with Gasteiger partial charge in [0, 0.05) is 16.1 Å². The maximum absolute atomic E-state index is 13.2. The van der Waals surface area contributed by atoms with Gasteiger partial charge in [0.1, 0.15) is 5.82 Å². The number of nitro groups is 1. The molecule has 3 nitrogen and oxygen atoms in total. The van der Waals surface area contributed by atoms with Crippen LogP contribution in [0.15, 0.2) is 22.8 Å². The summed E-state index contributed by atoms with van der Waals surface area (Å²) in [5.41, 5.74) is 0.944. The van der Waals surface area contributed by atoms with Gasteiger partial charge in [-0.3, -0.25) is 10.1 Å². The molecule has 0 heterocycles. The van der Waals surface area contributed by atoms with Gasteiger partial charge in [0.25, 0.3) is 0 Å². The molecule has 5 heteroatoms. The highest BCUT2D eigenvalue weighted by Gasteiger charge is 2.03. The van der Waals surface area contributed by atoms with Gasteiger partial charge >= 0.3 is 0 Å². The van der Waals surface area contributed by atoms with Gasteiger partial charge in [-0.2, -0.15) is 0 Å². The summed E-state index contributed by atoms with van der Waals surface area (Å²) in [6.07, 6.45) is 1.83. The molecule has 74 valence electrons. The molecular weight excluding hydrogens is 253 g/mol. The fraction of sp³-hybridized carbons (Fsp3) is 0.111. The van der Waals surface area contributed by atoms with E-state index in [2.05, 4.69) is 15.9 Å². The minimum atomic E-state index is -0.632. The predicted octanol–water partition coefficient (Wildman–Crippen LogP) is 3.14. The quantitative estimate of drug-likeness (QED) is 0.605. The van der Waals surface area contributed by atoms with Crippen LogP contribution in [0.2, 0.25) is 0 Å². The standard InChI is InChI=1S/C9H7BrFNO2/c1-6-4-9(11)7(5-8(6)10)2-3-12(13)14/h2-5H,1H3. The molecule has 0 saturated heterocycles. The first kappa shape index (κ1) is 10.8. The first-order chi connectivity index (χ1) is 6.50. The minimum absolute atomic E-state index is 0.194. The van der Waals surface area contributed by atoms with Crippen molar-refractivity contribution >= 4 is 22.0 Å². The molecule has 0 saturated carbocycles. The topological polar surface area (TPSA) is 43.1 Å². The molecule has 0 aliphatic carbocycles. The van der Waals surface area contributed by atoms with E-state index >= 15 is 0 Å². The number of benzene rings is 1. The number of nitrogens with zero attached hydrogens (tertiary/aromatic N) is 1. The smallest absolute Gasteiger partial charge is 0.235 e. The monoisotopic (exact) mass is 259 g/mol. The molecule has 0 aliphatic rings. The molecule has 1 aromatic carbocycles. The van der Waals surface area contributed by atoms with Crippen molar-refractivity contribution in [1.29, 1.82) is 0 Å². The van der Waals surface area contributed by atoms with Crippen molar-refractivity contribution in [2.75, 3.05) is 0 Å². The Morgan fingerprint density at radius 3 is 2.79 bits per heavy atom. The van der Waals surface area contributed by atoms with Crippen LogP contribution in [-0.4, -0.2) is 4.92 Å². The van der Waals surface area contributed by atoms with E-state index in [0.29, 0.717) is 6.20 Å². The van der Waals surface area contributed by atoms with Gasteiger partial charge in [-0.25, -0.2) is 4.39 Å². The largest absolute Gasteiger partial charge is 0.259 e. The highest BCUT2D eigenvalue weighted by molar-refractivity contribution is 9.10. The molecule has 0 N–H and O–H groups in total. The molecule has 1 aromatic rings. The number of rotatable bonds is 2. The number of hydrogen-bond donors (Lipinski definition) is 0. The molecule has 14 heavy (non-hydrogen) atoms. The fourth-order valence-electron chi connectivity index (χ4n) is 0.931. The molecule has 0 amide bonds. The summed E-state index contributed by atoms with van der Waals surface area (Å²) < 4.78 is 13.9. The van der Waals surface area contributed by atoms with E-state index in [4.69, 9.17) is 0 Å². The first-order valence-electron chi connectivity index (χ1n) is 3.78. The Morgan fingerprint density at radius 1 is 1.57 bits per heavy atom. The maximum Gasteiger partial charge on any atom is 0.235 e. The number of halogens is 2. The zero-order valence-electron chi connectivity index (χ0n) is 7.33. The summed E-state index contributed by atoms with van der Waals surface area (Å²) >= 11 is 3.22. The normalized spacial score (nSPS) is 10.8. The second kappa shape index (κ2) is 4.32. The molecular formula is C9H7BrFNO2. The maximum atomic E-state index is 13.2. The molecule has 0 unspecified atom stereocenters. The van der Waals surface area contributed by atoms with Crippen LogP contribution in [0.4, 0.5) is 4.39 Å². The van der Waals surface area contributed by atoms with Crippen molar-refractivity contribution in [3.05, 3.63) is 49.9 Å². The molecule has 0 fully saturated rings. The third kappa shape index (κ3) is 2.63. The molecule has 0 radical (unpaired) electrons. The zero-order chi connectivity index (χ0) is 10.7. The average molecular weight is 260 g/mol. The van der Waals surface area contributed by atoms with Gasteiger partial charge in [0.2, 0.25) is 6.20 Å². The summed E-state index contributed by atoms with van der Waals surface area (Å²) in [6, 6.07) is 2.83. The van der Waals surface area contributed by atoms with E-state index in [9.17, 15) is 14.5 Å². The number of aryl methyl sites for hydroxylation is 1. The van der Waals surface area contributed by atoms with E-state index < -0.39 is 10.7 Å². The Labute approximate surface area is 88.5 Å². The number of hydrogen-bond acceptors (Lipinski definition) is 2. The van der Waals surface area contributed by atoms with Crippen LogP contribution < -0.4 is 0 Å². The van der Waals surface area contributed by atoms with Crippen LogP contribution in [-0.2, 0) is 0 Å². The summed E-state index contributed by atoms with van der Waals surface area (Å²) in [4.78, 5) is 9.39. The van der Waals surface area contributed by atoms with Crippen molar-refractivity contribution in [2.24, 2.45) is 0 Å². The Hall–Kier alpha value is -1.23. The predicted molar refractivity (Wildman–Crippen MR) is 54.9 cm³/mol. The Morgan fingerprint density at radius 2 is 2.21 bits per heavy atom. The second-order valence-electron chi connectivity index (χ2n) is 2.72. The fourth-order valence-corrected chi connectivity index (χ4v) is 1.29. The van der Waals surface area contributed by atoms with E-state index in [0.717, 1.165) is 16.1 Å².